The molecule has 1 saturated carbocycles. The van der Waals surface area contributed by atoms with Gasteiger partial charge in [0.25, 0.3) is 5.91 Å². The van der Waals surface area contributed by atoms with Crippen molar-refractivity contribution in [1.29, 1.82) is 0 Å². The molecule has 6 nitrogen and oxygen atoms in total. The van der Waals surface area contributed by atoms with Gasteiger partial charge in [-0.2, -0.15) is 5.10 Å². The molecular formula is C21H24N4O2. The minimum atomic E-state index is -0.0856. The van der Waals surface area contributed by atoms with Crippen LogP contribution in [-0.2, 0) is 0 Å². The lowest BCUT2D eigenvalue weighted by Gasteiger charge is -2.21. The quantitative estimate of drug-likeness (QED) is 0.654. The van der Waals surface area contributed by atoms with Crippen LogP contribution in [0.1, 0.15) is 48.2 Å². The number of aryl methyl sites for hydroxylation is 1. The minimum absolute atomic E-state index is 0.0856. The van der Waals surface area contributed by atoms with E-state index >= 15 is 0 Å². The zero-order valence-electron chi connectivity index (χ0n) is 15.5. The molecule has 0 aliphatic heterocycles. The van der Waals surface area contributed by atoms with Gasteiger partial charge in [-0.3, -0.25) is 9.89 Å². The Labute approximate surface area is 158 Å². The summed E-state index contributed by atoms with van der Waals surface area (Å²) >= 11 is 0. The first-order valence-corrected chi connectivity index (χ1v) is 9.55. The molecule has 6 heteroatoms. The monoisotopic (exact) mass is 364 g/mol. The lowest BCUT2D eigenvalue weighted by molar-refractivity contribution is 0.0945. The van der Waals surface area contributed by atoms with Gasteiger partial charge in [-0.25, -0.2) is 4.98 Å². The first-order chi connectivity index (χ1) is 13.1. The minimum Gasteiger partial charge on any atom is -0.508 e. The highest BCUT2D eigenvalue weighted by Gasteiger charge is 2.20. The number of benzene rings is 1. The molecule has 2 heterocycles. The van der Waals surface area contributed by atoms with E-state index in [1.54, 1.807) is 24.3 Å². The number of carbonyl (C=O) groups excluding carboxylic acids is 1. The Morgan fingerprint density at radius 2 is 1.96 bits per heavy atom. The maximum atomic E-state index is 13.0. The molecule has 4 rings (SSSR count). The second-order valence-electron chi connectivity index (χ2n) is 7.36. The predicted molar refractivity (Wildman–Crippen MR) is 105 cm³/mol. The second kappa shape index (κ2) is 7.39. The van der Waals surface area contributed by atoms with Crippen LogP contribution in [0.15, 0.2) is 30.3 Å². The number of aromatic amines is 1. The van der Waals surface area contributed by atoms with Crippen molar-refractivity contribution in [3.8, 4) is 17.0 Å². The van der Waals surface area contributed by atoms with Crippen LogP contribution in [-0.4, -0.2) is 32.7 Å². The number of H-pyrrole nitrogens is 1. The number of pyridine rings is 1. The third-order valence-electron chi connectivity index (χ3n) is 5.39. The number of rotatable bonds is 4. The van der Waals surface area contributed by atoms with Crippen LogP contribution in [0.25, 0.3) is 22.3 Å². The summed E-state index contributed by atoms with van der Waals surface area (Å²) in [6.45, 7) is 2.61. The number of nitrogens with one attached hydrogen (secondary N) is 2. The van der Waals surface area contributed by atoms with Gasteiger partial charge >= 0.3 is 0 Å². The lowest BCUT2D eigenvalue weighted by atomic mass is 9.89. The van der Waals surface area contributed by atoms with Gasteiger partial charge in [-0.1, -0.05) is 19.3 Å². The number of carbonyl (C=O) groups is 1. The molecule has 0 unspecified atom stereocenters. The van der Waals surface area contributed by atoms with E-state index in [9.17, 15) is 9.90 Å². The number of nitrogens with zero attached hydrogens (tertiary/aromatic N) is 2. The Bertz CT molecular complexity index is 956. The summed E-state index contributed by atoms with van der Waals surface area (Å²) in [5.74, 6) is 0.681. The van der Waals surface area contributed by atoms with Crippen LogP contribution in [0, 0.1) is 12.8 Å². The van der Waals surface area contributed by atoms with Gasteiger partial charge in [-0.05, 0) is 56.0 Å². The van der Waals surface area contributed by atoms with Crippen molar-refractivity contribution in [2.45, 2.75) is 39.0 Å². The van der Waals surface area contributed by atoms with Gasteiger partial charge in [0.2, 0.25) is 0 Å². The first kappa shape index (κ1) is 17.5. The highest BCUT2D eigenvalue weighted by atomic mass is 16.3. The summed E-state index contributed by atoms with van der Waals surface area (Å²) in [4.78, 5) is 17.6. The Morgan fingerprint density at radius 3 is 2.70 bits per heavy atom. The van der Waals surface area contributed by atoms with Crippen LogP contribution in [0.5, 0.6) is 5.75 Å². The number of fused-ring (bicyclic) bond motifs is 1. The maximum Gasteiger partial charge on any atom is 0.252 e. The van der Waals surface area contributed by atoms with E-state index < -0.39 is 0 Å². The topological polar surface area (TPSA) is 90.9 Å². The summed E-state index contributed by atoms with van der Waals surface area (Å²) in [7, 11) is 0. The van der Waals surface area contributed by atoms with Crippen LogP contribution < -0.4 is 5.32 Å². The molecule has 0 bridgehead atoms. The van der Waals surface area contributed by atoms with E-state index in [1.165, 1.54) is 32.1 Å². The summed E-state index contributed by atoms with van der Waals surface area (Å²) in [6, 6.07) is 8.60. The van der Waals surface area contributed by atoms with E-state index in [4.69, 9.17) is 0 Å². The number of amides is 1. The Balaban J connectivity index is 1.66. The van der Waals surface area contributed by atoms with Gasteiger partial charge in [0.05, 0.1) is 16.6 Å². The molecule has 0 saturated heterocycles. The molecule has 140 valence electrons. The summed E-state index contributed by atoms with van der Waals surface area (Å²) in [6.07, 6.45) is 6.20. The number of aromatic hydroxyl groups is 1. The summed E-state index contributed by atoms with van der Waals surface area (Å²) in [5.41, 5.74) is 3.44. The van der Waals surface area contributed by atoms with Gasteiger partial charge < -0.3 is 10.4 Å². The molecule has 3 aromatic rings. The molecule has 0 atom stereocenters. The molecule has 1 amide bonds. The first-order valence-electron chi connectivity index (χ1n) is 9.55. The number of phenols is 1. The molecule has 0 spiro atoms. The Kier molecular flexibility index (Phi) is 4.79. The molecule has 2 aromatic heterocycles. The van der Waals surface area contributed by atoms with Crippen molar-refractivity contribution in [3.05, 3.63) is 41.6 Å². The van der Waals surface area contributed by atoms with E-state index in [1.807, 2.05) is 13.0 Å². The number of phenolic OH excluding ortho intramolecular Hbond substituents is 1. The van der Waals surface area contributed by atoms with E-state index in [0.29, 0.717) is 29.4 Å². The van der Waals surface area contributed by atoms with E-state index in [0.717, 1.165) is 16.6 Å². The molecule has 1 aromatic carbocycles. The summed E-state index contributed by atoms with van der Waals surface area (Å²) < 4.78 is 0. The van der Waals surface area contributed by atoms with Crippen molar-refractivity contribution in [3.63, 3.8) is 0 Å². The molecule has 27 heavy (non-hydrogen) atoms. The largest absolute Gasteiger partial charge is 0.508 e. The zero-order valence-corrected chi connectivity index (χ0v) is 15.5. The molecule has 3 N–H and O–H groups in total. The van der Waals surface area contributed by atoms with Crippen LogP contribution in [0.2, 0.25) is 0 Å². The van der Waals surface area contributed by atoms with Crippen LogP contribution in [0.3, 0.4) is 0 Å². The third-order valence-corrected chi connectivity index (χ3v) is 5.39. The lowest BCUT2D eigenvalue weighted by Crippen LogP contribution is -2.30. The Hall–Kier alpha value is -2.89. The van der Waals surface area contributed by atoms with Crippen molar-refractivity contribution in [2.75, 3.05) is 6.54 Å². The van der Waals surface area contributed by atoms with E-state index in [-0.39, 0.29) is 11.7 Å². The smallest absolute Gasteiger partial charge is 0.252 e. The van der Waals surface area contributed by atoms with Gasteiger partial charge in [0.15, 0.2) is 5.65 Å². The van der Waals surface area contributed by atoms with Gasteiger partial charge in [-0.15, -0.1) is 0 Å². The molecule has 0 radical (unpaired) electrons. The molecular weight excluding hydrogens is 340 g/mol. The SMILES string of the molecule is Cc1[nH]nc2nc(-c3ccc(O)cc3)cc(C(=O)NCC3CCCCC3)c12. The maximum absolute atomic E-state index is 13.0. The fourth-order valence-corrected chi connectivity index (χ4v) is 3.86. The van der Waals surface area contributed by atoms with Crippen molar-refractivity contribution in [2.24, 2.45) is 5.92 Å². The zero-order chi connectivity index (χ0) is 18.8. The second-order valence-corrected chi connectivity index (χ2v) is 7.36. The fraction of sp³-hybridized carbons (Fsp3) is 0.381. The highest BCUT2D eigenvalue weighted by Crippen LogP contribution is 2.27. The van der Waals surface area contributed by atoms with E-state index in [2.05, 4.69) is 20.5 Å². The van der Waals surface area contributed by atoms with Crippen LogP contribution >= 0.6 is 0 Å². The predicted octanol–water partition coefficient (Wildman–Crippen LogP) is 3.95. The van der Waals surface area contributed by atoms with Crippen LogP contribution in [0.4, 0.5) is 0 Å². The average molecular weight is 364 g/mol. The molecule has 1 aliphatic rings. The van der Waals surface area contributed by atoms with Gasteiger partial charge in [0, 0.05) is 17.8 Å². The van der Waals surface area contributed by atoms with Crippen molar-refractivity contribution < 1.29 is 9.90 Å². The number of hydrogen-bond donors (Lipinski definition) is 3. The molecule has 1 aliphatic carbocycles. The van der Waals surface area contributed by atoms with Crippen molar-refractivity contribution in [1.82, 2.24) is 20.5 Å². The standard InChI is InChI=1S/C21H24N4O2/c1-13-19-17(21(27)22-12-14-5-3-2-4-6-14)11-18(23-20(19)25-24-13)15-7-9-16(26)10-8-15/h7-11,14,26H,2-6,12H2,1H3,(H,22,27)(H,23,24,25). The number of hydrogen-bond acceptors (Lipinski definition) is 4. The normalized spacial score (nSPS) is 15.1. The average Bonchev–Trinajstić information content (AvgIpc) is 3.08. The van der Waals surface area contributed by atoms with Crippen molar-refractivity contribution >= 4 is 16.9 Å². The fourth-order valence-electron chi connectivity index (χ4n) is 3.86. The summed E-state index contributed by atoms with van der Waals surface area (Å²) in [5, 5.41) is 20.6. The Morgan fingerprint density at radius 1 is 1.22 bits per heavy atom. The third kappa shape index (κ3) is 3.65. The highest BCUT2D eigenvalue weighted by molar-refractivity contribution is 6.07. The molecule has 1 fully saturated rings. The van der Waals surface area contributed by atoms with Gasteiger partial charge in [0.1, 0.15) is 5.75 Å². The number of aromatic nitrogens is 3.